The van der Waals surface area contributed by atoms with E-state index in [1.165, 1.54) is 12.1 Å². The number of hydrogen-bond acceptors (Lipinski definition) is 2. The predicted molar refractivity (Wildman–Crippen MR) is 83.0 cm³/mol. The van der Waals surface area contributed by atoms with Crippen molar-refractivity contribution in [1.29, 1.82) is 0 Å². The van der Waals surface area contributed by atoms with E-state index in [-0.39, 0.29) is 5.69 Å². The molecule has 2 aromatic carbocycles. The summed E-state index contributed by atoms with van der Waals surface area (Å²) in [7, 11) is -4.26. The van der Waals surface area contributed by atoms with Gasteiger partial charge in [0.1, 0.15) is 10.7 Å². The van der Waals surface area contributed by atoms with Crippen LogP contribution in [0, 0.1) is 5.82 Å². The van der Waals surface area contributed by atoms with Gasteiger partial charge in [0, 0.05) is 0 Å². The fourth-order valence-corrected chi connectivity index (χ4v) is 3.60. The monoisotopic (exact) mass is 381 g/mol. The van der Waals surface area contributed by atoms with Gasteiger partial charge in [-0.25, -0.2) is 12.8 Å². The van der Waals surface area contributed by atoms with Crippen LogP contribution < -0.4 is 4.72 Å². The minimum atomic E-state index is -4.64. The van der Waals surface area contributed by atoms with Crippen LogP contribution >= 0.6 is 11.6 Å². The molecule has 0 aromatic heterocycles. The highest BCUT2D eigenvalue weighted by molar-refractivity contribution is 7.92. The minimum Gasteiger partial charge on any atom is -0.279 e. The van der Waals surface area contributed by atoms with Crippen LogP contribution in [0.4, 0.5) is 23.2 Å². The van der Waals surface area contributed by atoms with Crippen LogP contribution in [0.2, 0.25) is 5.02 Å². The molecule has 1 N–H and O–H groups in total. The molecule has 0 saturated heterocycles. The number of rotatable bonds is 4. The van der Waals surface area contributed by atoms with Crippen LogP contribution in [0.5, 0.6) is 0 Å². The highest BCUT2D eigenvalue weighted by Crippen LogP contribution is 2.34. The van der Waals surface area contributed by atoms with Crippen LogP contribution in [-0.4, -0.2) is 8.42 Å². The zero-order valence-corrected chi connectivity index (χ0v) is 13.9. The molecule has 0 saturated carbocycles. The highest BCUT2D eigenvalue weighted by atomic mass is 35.5. The van der Waals surface area contributed by atoms with Crippen molar-refractivity contribution < 1.29 is 26.0 Å². The van der Waals surface area contributed by atoms with E-state index in [9.17, 15) is 26.0 Å². The molecule has 0 spiro atoms. The largest absolute Gasteiger partial charge is 0.416 e. The van der Waals surface area contributed by atoms with Crippen LogP contribution in [-0.2, 0) is 22.6 Å². The van der Waals surface area contributed by atoms with Gasteiger partial charge in [0.25, 0.3) is 10.0 Å². The number of hydrogen-bond donors (Lipinski definition) is 1. The molecule has 0 radical (unpaired) electrons. The Labute approximate surface area is 141 Å². The Bertz CT molecular complexity index is 866. The third-order valence-corrected chi connectivity index (χ3v) is 5.10. The summed E-state index contributed by atoms with van der Waals surface area (Å²) in [6, 6.07) is 5.66. The first-order valence-electron chi connectivity index (χ1n) is 6.72. The second kappa shape index (κ2) is 6.60. The van der Waals surface area contributed by atoms with E-state index in [1.807, 2.05) is 0 Å². The average Bonchev–Trinajstić information content (AvgIpc) is 2.45. The molecular weight excluding hydrogens is 370 g/mol. The quantitative estimate of drug-likeness (QED) is 0.769. The number of sulfonamides is 1. The van der Waals surface area contributed by atoms with E-state index in [0.29, 0.717) is 24.1 Å². The molecule has 0 amide bonds. The lowest BCUT2D eigenvalue weighted by Gasteiger charge is -2.12. The lowest BCUT2D eigenvalue weighted by molar-refractivity contribution is -0.137. The van der Waals surface area contributed by atoms with Gasteiger partial charge in [-0.05, 0) is 42.3 Å². The first-order valence-corrected chi connectivity index (χ1v) is 8.58. The summed E-state index contributed by atoms with van der Waals surface area (Å²) in [5.74, 6) is -0.587. The Morgan fingerprint density at radius 1 is 1.12 bits per heavy atom. The first-order chi connectivity index (χ1) is 11.0. The van der Waals surface area contributed by atoms with Crippen LogP contribution in [0.25, 0.3) is 0 Å². The van der Waals surface area contributed by atoms with E-state index in [0.717, 1.165) is 12.1 Å². The van der Waals surface area contributed by atoms with Crippen molar-refractivity contribution in [2.24, 2.45) is 0 Å². The smallest absolute Gasteiger partial charge is 0.279 e. The maximum atomic E-state index is 13.7. The Balaban J connectivity index is 2.36. The molecular formula is C15H12ClF4NO2S. The molecule has 2 aromatic rings. The summed E-state index contributed by atoms with van der Waals surface area (Å²) >= 11 is 5.67. The van der Waals surface area contributed by atoms with Crippen molar-refractivity contribution in [2.45, 2.75) is 24.4 Å². The maximum Gasteiger partial charge on any atom is 0.416 e. The standard InChI is InChI=1S/C15H12ClF4NO2S/c1-2-9-3-5-11(8-13(9)17)21-24(22,23)14-6-4-10(7-12(14)16)15(18,19)20/h3-8,21H,2H2,1H3. The van der Waals surface area contributed by atoms with Gasteiger partial charge in [-0.15, -0.1) is 0 Å². The zero-order chi connectivity index (χ0) is 18.1. The van der Waals surface area contributed by atoms with Crippen LogP contribution in [0.1, 0.15) is 18.1 Å². The van der Waals surface area contributed by atoms with Crippen molar-refractivity contribution in [1.82, 2.24) is 0 Å². The number of halogens is 5. The topological polar surface area (TPSA) is 46.2 Å². The van der Waals surface area contributed by atoms with Gasteiger partial charge >= 0.3 is 6.18 Å². The lowest BCUT2D eigenvalue weighted by atomic mass is 10.1. The van der Waals surface area contributed by atoms with Crippen molar-refractivity contribution in [3.63, 3.8) is 0 Å². The van der Waals surface area contributed by atoms with E-state index < -0.39 is 37.5 Å². The van der Waals surface area contributed by atoms with Gasteiger partial charge in [0.05, 0.1) is 16.3 Å². The van der Waals surface area contributed by atoms with Gasteiger partial charge in [0.15, 0.2) is 0 Å². The van der Waals surface area contributed by atoms with Crippen LogP contribution in [0.3, 0.4) is 0 Å². The van der Waals surface area contributed by atoms with Crippen molar-refractivity contribution in [3.8, 4) is 0 Å². The third-order valence-electron chi connectivity index (χ3n) is 3.23. The second-order valence-corrected chi connectivity index (χ2v) is 6.97. The fraction of sp³-hybridized carbons (Fsp3) is 0.200. The molecule has 9 heteroatoms. The Kier molecular flexibility index (Phi) is 5.10. The summed E-state index contributed by atoms with van der Waals surface area (Å²) in [6.45, 7) is 1.74. The molecule has 0 aliphatic rings. The van der Waals surface area contributed by atoms with E-state index in [1.54, 1.807) is 6.92 Å². The molecule has 0 aliphatic heterocycles. The molecule has 0 aliphatic carbocycles. The molecule has 24 heavy (non-hydrogen) atoms. The van der Waals surface area contributed by atoms with Gasteiger partial charge in [-0.1, -0.05) is 24.6 Å². The third kappa shape index (κ3) is 3.99. The SMILES string of the molecule is CCc1ccc(NS(=O)(=O)c2ccc(C(F)(F)F)cc2Cl)cc1F. The number of aryl methyl sites for hydroxylation is 1. The van der Waals surface area contributed by atoms with E-state index >= 15 is 0 Å². The average molecular weight is 382 g/mol. The van der Waals surface area contributed by atoms with Crippen molar-refractivity contribution in [3.05, 3.63) is 58.4 Å². The van der Waals surface area contributed by atoms with Gasteiger partial charge in [-0.2, -0.15) is 13.2 Å². The minimum absolute atomic E-state index is 0.0549. The Morgan fingerprint density at radius 3 is 2.29 bits per heavy atom. The molecule has 0 fully saturated rings. The molecule has 0 bridgehead atoms. The normalized spacial score (nSPS) is 12.2. The summed E-state index contributed by atoms with van der Waals surface area (Å²) in [5, 5.41) is -0.581. The Hall–Kier alpha value is -1.80. The molecule has 0 unspecified atom stereocenters. The van der Waals surface area contributed by atoms with Gasteiger partial charge in [-0.3, -0.25) is 4.72 Å². The maximum absolute atomic E-state index is 13.7. The number of alkyl halides is 3. The van der Waals surface area contributed by atoms with E-state index in [2.05, 4.69) is 4.72 Å². The van der Waals surface area contributed by atoms with Crippen molar-refractivity contribution >= 4 is 27.3 Å². The number of anilines is 1. The highest BCUT2D eigenvalue weighted by Gasteiger charge is 2.32. The summed E-state index contributed by atoms with van der Waals surface area (Å²) < 4.78 is 78.1. The van der Waals surface area contributed by atoms with Gasteiger partial charge in [0.2, 0.25) is 0 Å². The molecule has 0 heterocycles. The lowest BCUT2D eigenvalue weighted by Crippen LogP contribution is -2.14. The number of nitrogens with one attached hydrogen (secondary N) is 1. The summed E-state index contributed by atoms with van der Waals surface area (Å²) in [6.07, 6.45) is -4.21. The fourth-order valence-electron chi connectivity index (χ4n) is 2.00. The van der Waals surface area contributed by atoms with E-state index in [4.69, 9.17) is 11.6 Å². The molecule has 2 rings (SSSR count). The van der Waals surface area contributed by atoms with Crippen LogP contribution in [0.15, 0.2) is 41.3 Å². The molecule has 130 valence electrons. The molecule has 0 atom stereocenters. The number of benzene rings is 2. The molecule has 3 nitrogen and oxygen atoms in total. The summed E-state index contributed by atoms with van der Waals surface area (Å²) in [5.41, 5.74) is -0.712. The van der Waals surface area contributed by atoms with Gasteiger partial charge < -0.3 is 0 Å². The summed E-state index contributed by atoms with van der Waals surface area (Å²) in [4.78, 5) is -0.530. The zero-order valence-electron chi connectivity index (χ0n) is 12.3. The second-order valence-electron chi connectivity index (χ2n) is 4.91. The Morgan fingerprint density at radius 2 is 1.79 bits per heavy atom. The van der Waals surface area contributed by atoms with Crippen molar-refractivity contribution in [2.75, 3.05) is 4.72 Å². The predicted octanol–water partition coefficient (Wildman–Crippen LogP) is 4.86. The first kappa shape index (κ1) is 18.5.